The molecule has 2 N–H and O–H groups in total. The monoisotopic (exact) mass is 261 g/mol. The van der Waals surface area contributed by atoms with E-state index in [1.807, 2.05) is 0 Å². The Balaban J connectivity index is 2.80. The van der Waals surface area contributed by atoms with E-state index < -0.39 is 26.5 Å². The van der Waals surface area contributed by atoms with Crippen LogP contribution in [-0.2, 0) is 14.6 Å². The third-order valence-electron chi connectivity index (χ3n) is 2.57. The minimum Gasteiger partial charge on any atom is -0.345 e. The lowest BCUT2D eigenvalue weighted by atomic mass is 10.1. The maximum atomic E-state index is 11.8. The van der Waals surface area contributed by atoms with Crippen molar-refractivity contribution in [2.24, 2.45) is 0 Å². The van der Waals surface area contributed by atoms with E-state index in [1.165, 1.54) is 13.8 Å². The van der Waals surface area contributed by atoms with Crippen LogP contribution in [0.3, 0.4) is 0 Å². The van der Waals surface area contributed by atoms with Gasteiger partial charge in [0.25, 0.3) is 0 Å². The summed E-state index contributed by atoms with van der Waals surface area (Å²) in [5.74, 6) is -0.306. The Bertz CT molecular complexity index is 493. The third kappa shape index (κ3) is 2.78. The van der Waals surface area contributed by atoms with Gasteiger partial charge in [-0.1, -0.05) is 5.21 Å². The van der Waals surface area contributed by atoms with Crippen LogP contribution in [-0.4, -0.2) is 46.0 Å². The molecular formula is C8H15N5O3S. The number of tetrazole rings is 1. The van der Waals surface area contributed by atoms with Crippen LogP contribution in [0.5, 0.6) is 0 Å². The van der Waals surface area contributed by atoms with Crippen LogP contribution in [0.4, 0.5) is 0 Å². The predicted octanol–water partition coefficient (Wildman–Crippen LogP) is -0.800. The molecule has 0 fully saturated rings. The lowest BCUT2D eigenvalue weighted by Gasteiger charge is -2.23. The van der Waals surface area contributed by atoms with Gasteiger partial charge in [-0.25, -0.2) is 8.42 Å². The average molecular weight is 261 g/mol. The molecular weight excluding hydrogens is 246 g/mol. The number of rotatable bonds is 4. The van der Waals surface area contributed by atoms with Crippen molar-refractivity contribution in [3.05, 3.63) is 5.82 Å². The van der Waals surface area contributed by atoms with Gasteiger partial charge in [0.05, 0.1) is 6.04 Å². The zero-order valence-electron chi connectivity index (χ0n) is 10.1. The molecule has 0 aromatic carbocycles. The number of carbonyl (C=O) groups excluding carboxylic acids is 1. The lowest BCUT2D eigenvalue weighted by Crippen LogP contribution is -2.48. The van der Waals surface area contributed by atoms with Crippen LogP contribution in [0.2, 0.25) is 0 Å². The molecule has 96 valence electrons. The standard InChI is InChI=1S/C8H15N5O3S/c1-5(6-10-12-13-11-6)9-7(14)8(2,3)17(4,15)16/h5H,1-4H3,(H,9,14)(H,10,11,12,13). The van der Waals surface area contributed by atoms with Gasteiger partial charge in [-0.3, -0.25) is 4.79 Å². The van der Waals surface area contributed by atoms with Crippen LogP contribution in [0.15, 0.2) is 0 Å². The molecule has 0 aliphatic rings. The summed E-state index contributed by atoms with van der Waals surface area (Å²) in [6.45, 7) is 4.34. The second-order valence-electron chi connectivity index (χ2n) is 4.25. The number of amides is 1. The Morgan fingerprint density at radius 1 is 1.47 bits per heavy atom. The number of H-pyrrole nitrogens is 1. The molecule has 0 saturated heterocycles. The van der Waals surface area contributed by atoms with Crippen LogP contribution < -0.4 is 5.32 Å². The van der Waals surface area contributed by atoms with E-state index in [9.17, 15) is 13.2 Å². The molecule has 8 nitrogen and oxygen atoms in total. The smallest absolute Gasteiger partial charge is 0.241 e. The average Bonchev–Trinajstić information content (AvgIpc) is 2.68. The summed E-state index contributed by atoms with van der Waals surface area (Å²) in [6.07, 6.45) is 1.02. The Morgan fingerprint density at radius 3 is 2.47 bits per heavy atom. The van der Waals surface area contributed by atoms with Crippen molar-refractivity contribution in [3.8, 4) is 0 Å². The van der Waals surface area contributed by atoms with E-state index in [4.69, 9.17) is 0 Å². The number of carbonyl (C=O) groups is 1. The first-order valence-electron chi connectivity index (χ1n) is 4.90. The molecule has 1 atom stereocenters. The van der Waals surface area contributed by atoms with E-state index in [0.717, 1.165) is 6.26 Å². The Kier molecular flexibility index (Phi) is 3.51. The van der Waals surface area contributed by atoms with Crippen molar-refractivity contribution in [1.82, 2.24) is 25.9 Å². The largest absolute Gasteiger partial charge is 0.345 e. The second-order valence-corrected chi connectivity index (χ2v) is 6.81. The fraction of sp³-hybridized carbons (Fsp3) is 0.750. The van der Waals surface area contributed by atoms with E-state index in [-0.39, 0.29) is 0 Å². The summed E-state index contributed by atoms with van der Waals surface area (Å²) >= 11 is 0. The molecule has 1 rings (SSSR count). The van der Waals surface area contributed by atoms with Gasteiger partial charge >= 0.3 is 0 Å². The summed E-state index contributed by atoms with van der Waals surface area (Å²) in [7, 11) is -3.49. The number of sulfone groups is 1. The molecule has 0 saturated carbocycles. The minimum atomic E-state index is -3.49. The second kappa shape index (κ2) is 4.40. The molecule has 1 heterocycles. The summed E-state index contributed by atoms with van der Waals surface area (Å²) in [6, 6.07) is -0.512. The first-order valence-corrected chi connectivity index (χ1v) is 6.79. The number of hydrogen-bond donors (Lipinski definition) is 2. The number of aromatic amines is 1. The molecule has 0 bridgehead atoms. The predicted molar refractivity (Wildman–Crippen MR) is 59.7 cm³/mol. The van der Waals surface area contributed by atoms with Crippen molar-refractivity contribution < 1.29 is 13.2 Å². The Hall–Kier alpha value is -1.51. The highest BCUT2D eigenvalue weighted by molar-refractivity contribution is 7.92. The van der Waals surface area contributed by atoms with Crippen molar-refractivity contribution in [2.45, 2.75) is 31.6 Å². The highest BCUT2D eigenvalue weighted by Gasteiger charge is 2.39. The maximum Gasteiger partial charge on any atom is 0.241 e. The van der Waals surface area contributed by atoms with Crippen LogP contribution >= 0.6 is 0 Å². The zero-order chi connectivity index (χ0) is 13.3. The molecule has 1 unspecified atom stereocenters. The number of nitrogens with zero attached hydrogens (tertiary/aromatic N) is 3. The lowest BCUT2D eigenvalue weighted by molar-refractivity contribution is -0.123. The van der Waals surface area contributed by atoms with Crippen LogP contribution in [0.25, 0.3) is 0 Å². The first-order chi connectivity index (χ1) is 7.66. The minimum absolute atomic E-state index is 0.294. The van der Waals surface area contributed by atoms with Gasteiger partial charge in [0.1, 0.15) is 4.75 Å². The van der Waals surface area contributed by atoms with E-state index in [0.29, 0.717) is 5.82 Å². The summed E-state index contributed by atoms with van der Waals surface area (Å²) in [5.41, 5.74) is 0. The Morgan fingerprint density at radius 2 is 2.06 bits per heavy atom. The summed E-state index contributed by atoms with van der Waals surface area (Å²) in [4.78, 5) is 11.8. The van der Waals surface area contributed by atoms with Crippen molar-refractivity contribution >= 4 is 15.7 Å². The molecule has 1 aromatic heterocycles. The fourth-order valence-corrected chi connectivity index (χ4v) is 1.35. The summed E-state index contributed by atoms with van der Waals surface area (Å²) in [5, 5.41) is 15.5. The van der Waals surface area contributed by atoms with Gasteiger partial charge in [-0.2, -0.15) is 5.21 Å². The van der Waals surface area contributed by atoms with Crippen molar-refractivity contribution in [1.29, 1.82) is 0 Å². The zero-order valence-corrected chi connectivity index (χ0v) is 10.9. The van der Waals surface area contributed by atoms with Gasteiger partial charge < -0.3 is 5.32 Å². The number of aromatic nitrogens is 4. The molecule has 0 radical (unpaired) electrons. The number of hydrogen-bond acceptors (Lipinski definition) is 6. The number of nitrogens with one attached hydrogen (secondary N) is 2. The van der Waals surface area contributed by atoms with Crippen molar-refractivity contribution in [3.63, 3.8) is 0 Å². The molecule has 1 aromatic rings. The quantitative estimate of drug-likeness (QED) is 0.732. The van der Waals surface area contributed by atoms with E-state index in [1.54, 1.807) is 6.92 Å². The molecule has 9 heteroatoms. The Labute approximate surface area is 99.1 Å². The van der Waals surface area contributed by atoms with Crippen LogP contribution in [0, 0.1) is 0 Å². The molecule has 0 spiro atoms. The van der Waals surface area contributed by atoms with Gasteiger partial charge in [0, 0.05) is 6.26 Å². The first kappa shape index (κ1) is 13.6. The van der Waals surface area contributed by atoms with Crippen molar-refractivity contribution in [2.75, 3.05) is 6.26 Å². The highest BCUT2D eigenvalue weighted by Crippen LogP contribution is 2.17. The molecule has 0 aliphatic carbocycles. The SMILES string of the molecule is CC(NC(=O)C(C)(C)S(C)(=O)=O)c1nn[nH]n1. The summed E-state index contributed by atoms with van der Waals surface area (Å²) < 4.78 is 21.4. The van der Waals surface area contributed by atoms with Gasteiger partial charge in [-0.05, 0) is 20.8 Å². The van der Waals surface area contributed by atoms with Gasteiger partial charge in [0.15, 0.2) is 15.7 Å². The topological polar surface area (TPSA) is 118 Å². The van der Waals surface area contributed by atoms with Gasteiger partial charge in [0.2, 0.25) is 5.91 Å². The van der Waals surface area contributed by atoms with E-state index >= 15 is 0 Å². The van der Waals surface area contributed by atoms with Gasteiger partial charge in [-0.15, -0.1) is 10.2 Å². The van der Waals surface area contributed by atoms with Crippen LogP contribution in [0.1, 0.15) is 32.6 Å². The normalized spacial score (nSPS) is 14.4. The fourth-order valence-electron chi connectivity index (χ4n) is 0.956. The maximum absolute atomic E-state index is 11.8. The highest BCUT2D eigenvalue weighted by atomic mass is 32.2. The third-order valence-corrected chi connectivity index (χ3v) is 4.61. The molecule has 0 aliphatic heterocycles. The molecule has 17 heavy (non-hydrogen) atoms. The molecule has 1 amide bonds. The van der Waals surface area contributed by atoms with E-state index in [2.05, 4.69) is 25.9 Å².